The normalized spacial score (nSPS) is 11.7. The van der Waals surface area contributed by atoms with Crippen molar-refractivity contribution < 1.29 is 5.21 Å². The lowest BCUT2D eigenvalue weighted by Gasteiger charge is -2.02. The van der Waals surface area contributed by atoms with Crippen molar-refractivity contribution in [2.45, 2.75) is 12.8 Å². The van der Waals surface area contributed by atoms with E-state index in [1.807, 2.05) is 6.07 Å². The van der Waals surface area contributed by atoms with Crippen LogP contribution in [0, 0.1) is 0 Å². The summed E-state index contributed by atoms with van der Waals surface area (Å²) in [5.41, 5.74) is 6.34. The van der Waals surface area contributed by atoms with Gasteiger partial charge in [0, 0.05) is 6.42 Å². The average molecular weight is 233 g/mol. The van der Waals surface area contributed by atoms with Gasteiger partial charge in [-0.1, -0.05) is 34.4 Å². The van der Waals surface area contributed by atoms with Crippen LogP contribution in [-0.4, -0.2) is 11.0 Å². The molecule has 0 atom stereocenters. The molecule has 5 heteroatoms. The summed E-state index contributed by atoms with van der Waals surface area (Å²) in [5.74, 6) is 0.205. The molecule has 0 spiro atoms. The maximum absolute atomic E-state index is 8.33. The van der Waals surface area contributed by atoms with E-state index in [0.717, 1.165) is 5.56 Å². The van der Waals surface area contributed by atoms with Crippen LogP contribution in [0.4, 0.5) is 0 Å². The van der Waals surface area contributed by atoms with E-state index in [1.54, 1.807) is 12.1 Å². The zero-order valence-electron chi connectivity index (χ0n) is 7.37. The number of nitrogens with zero attached hydrogens (tertiary/aromatic N) is 1. The topological polar surface area (TPSA) is 58.6 Å². The average Bonchev–Trinajstić information content (AvgIpc) is 2.19. The van der Waals surface area contributed by atoms with E-state index in [-0.39, 0.29) is 5.84 Å². The van der Waals surface area contributed by atoms with Crippen LogP contribution in [0.15, 0.2) is 23.4 Å². The van der Waals surface area contributed by atoms with E-state index in [1.165, 1.54) is 0 Å². The van der Waals surface area contributed by atoms with Crippen molar-refractivity contribution in [2.75, 3.05) is 0 Å². The fourth-order valence-electron chi connectivity index (χ4n) is 1.02. The number of hydrogen-bond donors (Lipinski definition) is 2. The van der Waals surface area contributed by atoms with Crippen LogP contribution in [0.5, 0.6) is 0 Å². The Kier molecular flexibility index (Phi) is 4.04. The van der Waals surface area contributed by atoms with Crippen molar-refractivity contribution >= 4 is 29.0 Å². The number of halogens is 2. The molecule has 0 aromatic heterocycles. The fraction of sp³-hybridized carbons (Fsp3) is 0.222. The van der Waals surface area contributed by atoms with E-state index in [0.29, 0.717) is 22.9 Å². The van der Waals surface area contributed by atoms with Gasteiger partial charge >= 0.3 is 0 Å². The number of amidine groups is 1. The molecule has 3 nitrogen and oxygen atoms in total. The summed E-state index contributed by atoms with van der Waals surface area (Å²) in [6.07, 6.45) is 1.17. The predicted molar refractivity (Wildman–Crippen MR) is 58.2 cm³/mol. The van der Waals surface area contributed by atoms with Crippen LogP contribution in [0.3, 0.4) is 0 Å². The van der Waals surface area contributed by atoms with Gasteiger partial charge in [-0.25, -0.2) is 0 Å². The van der Waals surface area contributed by atoms with Gasteiger partial charge in [0.2, 0.25) is 0 Å². The van der Waals surface area contributed by atoms with E-state index in [2.05, 4.69) is 5.16 Å². The zero-order valence-corrected chi connectivity index (χ0v) is 8.89. The Labute approximate surface area is 92.1 Å². The third kappa shape index (κ3) is 3.09. The summed E-state index contributed by atoms with van der Waals surface area (Å²) in [6, 6.07) is 5.36. The first-order valence-electron chi connectivity index (χ1n) is 4.04. The van der Waals surface area contributed by atoms with Gasteiger partial charge in [0.05, 0.1) is 10.0 Å². The lowest BCUT2D eigenvalue weighted by molar-refractivity contribution is 0.317. The molecule has 0 aliphatic rings. The highest BCUT2D eigenvalue weighted by Crippen LogP contribution is 2.23. The number of rotatable bonds is 3. The SMILES string of the molecule is N/C(CCc1ccc(Cl)c(Cl)c1)=N\O. The van der Waals surface area contributed by atoms with Crippen LogP contribution in [0.25, 0.3) is 0 Å². The zero-order chi connectivity index (χ0) is 10.6. The summed E-state index contributed by atoms with van der Waals surface area (Å²) in [6.45, 7) is 0. The summed E-state index contributed by atoms with van der Waals surface area (Å²) < 4.78 is 0. The second-order valence-electron chi connectivity index (χ2n) is 2.84. The molecule has 0 fully saturated rings. The van der Waals surface area contributed by atoms with Crippen molar-refractivity contribution in [2.24, 2.45) is 10.9 Å². The third-order valence-electron chi connectivity index (χ3n) is 1.78. The summed E-state index contributed by atoms with van der Waals surface area (Å²) >= 11 is 11.6. The lowest BCUT2D eigenvalue weighted by Crippen LogP contribution is -2.12. The predicted octanol–water partition coefficient (Wildman–Crippen LogP) is 2.67. The van der Waals surface area contributed by atoms with Gasteiger partial charge in [-0.2, -0.15) is 0 Å². The largest absolute Gasteiger partial charge is 0.409 e. The number of benzene rings is 1. The maximum Gasteiger partial charge on any atom is 0.139 e. The van der Waals surface area contributed by atoms with Crippen LogP contribution >= 0.6 is 23.2 Å². The highest BCUT2D eigenvalue weighted by atomic mass is 35.5. The van der Waals surface area contributed by atoms with E-state index >= 15 is 0 Å². The van der Waals surface area contributed by atoms with Gasteiger partial charge in [0.1, 0.15) is 5.84 Å². The minimum Gasteiger partial charge on any atom is -0.409 e. The first-order chi connectivity index (χ1) is 6.63. The Balaban J connectivity index is 2.64. The molecule has 3 N–H and O–H groups in total. The number of hydrogen-bond acceptors (Lipinski definition) is 2. The second-order valence-corrected chi connectivity index (χ2v) is 3.65. The molecule has 0 aliphatic carbocycles. The highest BCUT2D eigenvalue weighted by molar-refractivity contribution is 6.42. The molecule has 0 saturated heterocycles. The standard InChI is InChI=1S/C9H10Cl2N2O/c10-7-3-1-6(5-8(7)11)2-4-9(12)13-14/h1,3,5,14H,2,4H2,(H2,12,13). The molecule has 0 unspecified atom stereocenters. The summed E-state index contributed by atoms with van der Waals surface area (Å²) in [4.78, 5) is 0. The molecule has 1 aromatic carbocycles. The van der Waals surface area contributed by atoms with Crippen molar-refractivity contribution in [3.05, 3.63) is 33.8 Å². The molecule has 0 radical (unpaired) electrons. The molecule has 0 saturated carbocycles. The summed E-state index contributed by atoms with van der Waals surface area (Å²) in [7, 11) is 0. The Hall–Kier alpha value is -0.930. The van der Waals surface area contributed by atoms with Gasteiger partial charge in [0.15, 0.2) is 0 Å². The summed E-state index contributed by atoms with van der Waals surface area (Å²) in [5, 5.41) is 12.3. The van der Waals surface area contributed by atoms with Gasteiger partial charge in [-0.15, -0.1) is 0 Å². The minimum absolute atomic E-state index is 0.205. The second kappa shape index (κ2) is 5.08. The molecular weight excluding hydrogens is 223 g/mol. The molecule has 1 aromatic rings. The Bertz CT molecular complexity index is 353. The third-order valence-corrected chi connectivity index (χ3v) is 2.52. The number of oxime groups is 1. The smallest absolute Gasteiger partial charge is 0.139 e. The van der Waals surface area contributed by atoms with Crippen LogP contribution in [0.1, 0.15) is 12.0 Å². The maximum atomic E-state index is 8.33. The fourth-order valence-corrected chi connectivity index (χ4v) is 1.34. The molecule has 0 amide bonds. The first kappa shape index (κ1) is 11.1. The Morgan fingerprint density at radius 2 is 2.07 bits per heavy atom. The van der Waals surface area contributed by atoms with Gasteiger partial charge in [0.25, 0.3) is 0 Å². The molecule has 76 valence electrons. The van der Waals surface area contributed by atoms with Crippen molar-refractivity contribution in [3.63, 3.8) is 0 Å². The number of nitrogens with two attached hydrogens (primary N) is 1. The van der Waals surface area contributed by atoms with E-state index in [4.69, 9.17) is 34.1 Å². The monoisotopic (exact) mass is 232 g/mol. The quantitative estimate of drug-likeness (QED) is 0.365. The van der Waals surface area contributed by atoms with Crippen molar-refractivity contribution in [1.29, 1.82) is 0 Å². The molecular formula is C9H10Cl2N2O. The van der Waals surface area contributed by atoms with Gasteiger partial charge in [-0.05, 0) is 24.1 Å². The van der Waals surface area contributed by atoms with Crippen LogP contribution in [0.2, 0.25) is 10.0 Å². The molecule has 0 aliphatic heterocycles. The van der Waals surface area contributed by atoms with Gasteiger partial charge < -0.3 is 10.9 Å². The number of aryl methyl sites for hydroxylation is 1. The Morgan fingerprint density at radius 3 is 2.64 bits per heavy atom. The van der Waals surface area contributed by atoms with Crippen molar-refractivity contribution in [1.82, 2.24) is 0 Å². The van der Waals surface area contributed by atoms with Gasteiger partial charge in [-0.3, -0.25) is 0 Å². The van der Waals surface area contributed by atoms with Crippen molar-refractivity contribution in [3.8, 4) is 0 Å². The molecule has 0 heterocycles. The molecule has 0 bridgehead atoms. The lowest BCUT2D eigenvalue weighted by atomic mass is 10.1. The molecule has 14 heavy (non-hydrogen) atoms. The Morgan fingerprint density at radius 1 is 1.36 bits per heavy atom. The highest BCUT2D eigenvalue weighted by Gasteiger charge is 2.00. The van der Waals surface area contributed by atoms with E-state index in [9.17, 15) is 0 Å². The first-order valence-corrected chi connectivity index (χ1v) is 4.79. The van der Waals surface area contributed by atoms with E-state index < -0.39 is 0 Å². The van der Waals surface area contributed by atoms with Crippen LogP contribution < -0.4 is 5.73 Å². The van der Waals surface area contributed by atoms with Crippen LogP contribution in [-0.2, 0) is 6.42 Å². The minimum atomic E-state index is 0.205. The molecule has 1 rings (SSSR count).